The third-order valence-electron chi connectivity index (χ3n) is 4.77. The van der Waals surface area contributed by atoms with E-state index in [1.165, 1.54) is 0 Å². The van der Waals surface area contributed by atoms with Gasteiger partial charge in [0.25, 0.3) is 5.91 Å². The molecule has 9 nitrogen and oxygen atoms in total. The van der Waals surface area contributed by atoms with Gasteiger partial charge in [0.05, 0.1) is 6.42 Å². The summed E-state index contributed by atoms with van der Waals surface area (Å²) in [7, 11) is 0. The van der Waals surface area contributed by atoms with Crippen LogP contribution in [0.1, 0.15) is 38.3 Å². The van der Waals surface area contributed by atoms with Crippen molar-refractivity contribution in [2.75, 3.05) is 0 Å². The molecule has 1 heterocycles. The van der Waals surface area contributed by atoms with E-state index in [0.29, 0.717) is 12.4 Å². The highest BCUT2D eigenvalue weighted by Gasteiger charge is 2.36. The van der Waals surface area contributed by atoms with Crippen LogP contribution in [0.15, 0.2) is 54.6 Å². The van der Waals surface area contributed by atoms with Crippen molar-refractivity contribution in [1.82, 2.24) is 10.6 Å². The van der Waals surface area contributed by atoms with Crippen LogP contribution in [0.25, 0.3) is 0 Å². The van der Waals surface area contributed by atoms with E-state index in [-0.39, 0.29) is 12.8 Å². The second kappa shape index (κ2) is 10.8. The third kappa shape index (κ3) is 7.61. The maximum atomic E-state index is 12.8. The summed E-state index contributed by atoms with van der Waals surface area (Å²) < 4.78 is 16.2. The minimum atomic E-state index is -1.23. The first-order valence-electron chi connectivity index (χ1n) is 10.9. The lowest BCUT2D eigenvalue weighted by molar-refractivity contribution is -0.156. The van der Waals surface area contributed by atoms with Crippen LogP contribution < -0.4 is 15.4 Å². The topological polar surface area (TPSA) is 120 Å². The van der Waals surface area contributed by atoms with Crippen molar-refractivity contribution in [3.63, 3.8) is 0 Å². The maximum absolute atomic E-state index is 12.8. The Morgan fingerprint density at radius 2 is 1.71 bits per heavy atom. The average molecular weight is 469 g/mol. The summed E-state index contributed by atoms with van der Waals surface area (Å²) in [5.41, 5.74) is 0.982. The van der Waals surface area contributed by atoms with E-state index in [1.54, 1.807) is 45.0 Å². The van der Waals surface area contributed by atoms with Gasteiger partial charge in [-0.2, -0.15) is 0 Å². The van der Waals surface area contributed by atoms with Crippen LogP contribution in [0.3, 0.4) is 0 Å². The summed E-state index contributed by atoms with van der Waals surface area (Å²) in [6, 6.07) is 15.7. The van der Waals surface area contributed by atoms with Gasteiger partial charge in [0.15, 0.2) is 6.10 Å². The van der Waals surface area contributed by atoms with Gasteiger partial charge >= 0.3 is 12.1 Å². The van der Waals surface area contributed by atoms with Gasteiger partial charge in [-0.05, 0) is 44.0 Å². The lowest BCUT2D eigenvalue weighted by Crippen LogP contribution is -2.46. The van der Waals surface area contributed by atoms with Gasteiger partial charge < -0.3 is 19.5 Å². The van der Waals surface area contributed by atoms with E-state index < -0.39 is 41.6 Å². The van der Waals surface area contributed by atoms with Gasteiger partial charge in [-0.25, -0.2) is 9.59 Å². The minimum absolute atomic E-state index is 0.0827. The molecule has 34 heavy (non-hydrogen) atoms. The van der Waals surface area contributed by atoms with Crippen LogP contribution in [-0.4, -0.2) is 41.6 Å². The van der Waals surface area contributed by atoms with Crippen LogP contribution in [-0.2, 0) is 36.9 Å². The largest absolute Gasteiger partial charge is 0.489 e. The van der Waals surface area contributed by atoms with Crippen LogP contribution in [0.5, 0.6) is 5.75 Å². The molecule has 9 heteroatoms. The molecule has 2 N–H and O–H groups in total. The van der Waals surface area contributed by atoms with Crippen molar-refractivity contribution in [3.05, 3.63) is 65.7 Å². The fourth-order valence-electron chi connectivity index (χ4n) is 3.19. The number of ether oxygens (including phenoxy) is 3. The van der Waals surface area contributed by atoms with Gasteiger partial charge in [-0.15, -0.1) is 0 Å². The molecule has 2 atom stereocenters. The molecular formula is C25H28N2O7. The Balaban J connectivity index is 1.65. The summed E-state index contributed by atoms with van der Waals surface area (Å²) in [5, 5.41) is 4.58. The number of carbonyl (C=O) groups excluding carboxylic acids is 4. The molecule has 2 aromatic rings. The van der Waals surface area contributed by atoms with E-state index in [1.807, 2.05) is 30.3 Å². The minimum Gasteiger partial charge on any atom is -0.489 e. The zero-order chi connectivity index (χ0) is 24.7. The molecule has 0 radical (unpaired) electrons. The second-order valence-electron chi connectivity index (χ2n) is 8.86. The van der Waals surface area contributed by atoms with Gasteiger partial charge in [-0.1, -0.05) is 42.5 Å². The van der Waals surface area contributed by atoms with E-state index in [4.69, 9.17) is 14.2 Å². The predicted molar refractivity (Wildman–Crippen MR) is 122 cm³/mol. The molecule has 1 aliphatic heterocycles. The van der Waals surface area contributed by atoms with Gasteiger partial charge in [0.2, 0.25) is 5.91 Å². The van der Waals surface area contributed by atoms with Crippen molar-refractivity contribution in [3.8, 4) is 5.75 Å². The highest BCUT2D eigenvalue weighted by molar-refractivity contribution is 6.05. The van der Waals surface area contributed by atoms with Crippen molar-refractivity contribution >= 4 is 23.9 Å². The maximum Gasteiger partial charge on any atom is 0.408 e. The lowest BCUT2D eigenvalue weighted by atomic mass is 10.1. The first-order chi connectivity index (χ1) is 16.1. The molecule has 180 valence electrons. The Hall–Kier alpha value is -3.88. The number of imide groups is 1. The van der Waals surface area contributed by atoms with E-state index in [2.05, 4.69) is 10.6 Å². The number of nitrogens with one attached hydrogen (secondary N) is 2. The number of carbonyl (C=O) groups is 4. The molecule has 0 saturated carbocycles. The summed E-state index contributed by atoms with van der Waals surface area (Å²) in [4.78, 5) is 48.2. The average Bonchev–Trinajstić information content (AvgIpc) is 3.08. The van der Waals surface area contributed by atoms with Crippen molar-refractivity contribution in [2.45, 2.75) is 58.0 Å². The number of esters is 1. The highest BCUT2D eigenvalue weighted by Crippen LogP contribution is 2.17. The molecule has 3 rings (SSSR count). The molecule has 3 amide bonds. The molecule has 0 unspecified atom stereocenters. The van der Waals surface area contributed by atoms with Crippen molar-refractivity contribution < 1.29 is 33.4 Å². The summed E-state index contributed by atoms with van der Waals surface area (Å²) in [5.74, 6) is -1.40. The summed E-state index contributed by atoms with van der Waals surface area (Å²) >= 11 is 0. The van der Waals surface area contributed by atoms with Crippen LogP contribution in [0.2, 0.25) is 0 Å². The highest BCUT2D eigenvalue weighted by atomic mass is 16.6. The lowest BCUT2D eigenvalue weighted by Gasteiger charge is -2.23. The predicted octanol–water partition coefficient (Wildman–Crippen LogP) is 2.66. The molecule has 1 saturated heterocycles. The fraction of sp³-hybridized carbons (Fsp3) is 0.360. The first kappa shape index (κ1) is 24.8. The summed E-state index contributed by atoms with van der Waals surface area (Å²) in [6.45, 7) is 5.51. The molecular weight excluding hydrogens is 440 g/mol. The Labute approximate surface area is 197 Å². The Bertz CT molecular complexity index is 1030. The van der Waals surface area contributed by atoms with Crippen LogP contribution in [0.4, 0.5) is 4.79 Å². The molecule has 0 bridgehead atoms. The number of hydrogen-bond donors (Lipinski definition) is 2. The first-order valence-corrected chi connectivity index (χ1v) is 10.9. The van der Waals surface area contributed by atoms with Crippen molar-refractivity contribution in [1.29, 1.82) is 0 Å². The fourth-order valence-corrected chi connectivity index (χ4v) is 3.19. The Morgan fingerprint density at radius 3 is 2.29 bits per heavy atom. The number of rotatable bonds is 8. The van der Waals surface area contributed by atoms with Gasteiger partial charge in [0.1, 0.15) is 24.0 Å². The second-order valence-corrected chi connectivity index (χ2v) is 8.86. The zero-order valence-electron chi connectivity index (χ0n) is 19.3. The van der Waals surface area contributed by atoms with Crippen molar-refractivity contribution in [2.24, 2.45) is 0 Å². The van der Waals surface area contributed by atoms with E-state index in [9.17, 15) is 19.2 Å². The monoisotopic (exact) mass is 468 g/mol. The van der Waals surface area contributed by atoms with Gasteiger partial charge in [0, 0.05) is 6.42 Å². The molecule has 1 aliphatic rings. The van der Waals surface area contributed by atoms with E-state index >= 15 is 0 Å². The van der Waals surface area contributed by atoms with Crippen LogP contribution in [0, 0.1) is 0 Å². The molecule has 0 aliphatic carbocycles. The van der Waals surface area contributed by atoms with E-state index in [0.717, 1.165) is 11.1 Å². The summed E-state index contributed by atoms with van der Waals surface area (Å²) in [6.07, 6.45) is -2.20. The third-order valence-corrected chi connectivity index (χ3v) is 4.77. The quantitative estimate of drug-likeness (QED) is 0.451. The SMILES string of the molecule is CC(C)(C)OC(=O)N[C@H](Cc1ccc(OCc2ccccc2)cc1)C(=O)O[C@@H]1CC(=O)NC1=O. The van der Waals surface area contributed by atoms with Gasteiger partial charge in [-0.3, -0.25) is 14.9 Å². The van der Waals surface area contributed by atoms with Crippen LogP contribution >= 0.6 is 0 Å². The number of alkyl carbamates (subject to hydrolysis) is 1. The molecule has 2 aromatic carbocycles. The Kier molecular flexibility index (Phi) is 7.88. The standard InChI is InChI=1S/C25H28N2O7/c1-25(2,3)34-24(31)26-19(23(30)33-20-14-21(28)27-22(20)29)13-16-9-11-18(12-10-16)32-15-17-7-5-4-6-8-17/h4-12,19-20H,13-15H2,1-3H3,(H,26,31)(H,27,28,29)/t19-,20-/m1/s1. The Morgan fingerprint density at radius 1 is 1.03 bits per heavy atom. The number of benzene rings is 2. The zero-order valence-corrected chi connectivity index (χ0v) is 19.3. The number of hydrogen-bond acceptors (Lipinski definition) is 7. The molecule has 0 spiro atoms. The molecule has 1 fully saturated rings. The smallest absolute Gasteiger partial charge is 0.408 e. The molecule has 0 aromatic heterocycles. The number of amides is 3. The normalized spacial score (nSPS) is 16.4.